The zero-order valence-corrected chi connectivity index (χ0v) is 14.5. The highest BCUT2D eigenvalue weighted by molar-refractivity contribution is 5.14. The second-order valence-corrected chi connectivity index (χ2v) is 6.27. The van der Waals surface area contributed by atoms with Crippen molar-refractivity contribution in [1.29, 1.82) is 0 Å². The predicted molar refractivity (Wildman–Crippen MR) is 91.3 cm³/mol. The fourth-order valence-electron chi connectivity index (χ4n) is 2.26. The number of pyridine rings is 1. The highest BCUT2D eigenvalue weighted by Gasteiger charge is 2.12. The van der Waals surface area contributed by atoms with Crippen LogP contribution in [0.2, 0.25) is 0 Å². The standard InChI is InChI=1S/C18H33N3/c1-6-8-11-21(16(5)7-2)14-18-10-9-17(13-20-18)12-19-15(3)4/h9-10,13,15-16,19H,6-8,11-12,14H2,1-5H3. The fraction of sp³-hybridized carbons (Fsp3) is 0.722. The predicted octanol–water partition coefficient (Wildman–Crippen LogP) is 3.98. The third kappa shape index (κ3) is 7.05. The zero-order chi connectivity index (χ0) is 15.7. The molecule has 1 unspecified atom stereocenters. The number of unbranched alkanes of at least 4 members (excludes halogenated alkanes) is 1. The molecule has 1 N–H and O–H groups in total. The van der Waals surface area contributed by atoms with Crippen LogP contribution in [0, 0.1) is 0 Å². The Morgan fingerprint density at radius 3 is 2.48 bits per heavy atom. The molecule has 21 heavy (non-hydrogen) atoms. The second-order valence-electron chi connectivity index (χ2n) is 6.27. The molecular weight excluding hydrogens is 258 g/mol. The van der Waals surface area contributed by atoms with Gasteiger partial charge >= 0.3 is 0 Å². The average molecular weight is 291 g/mol. The summed E-state index contributed by atoms with van der Waals surface area (Å²) < 4.78 is 0. The van der Waals surface area contributed by atoms with Gasteiger partial charge in [0.1, 0.15) is 0 Å². The molecule has 0 spiro atoms. The molecule has 0 radical (unpaired) electrons. The largest absolute Gasteiger partial charge is 0.310 e. The first-order chi connectivity index (χ1) is 10.1. The number of rotatable bonds is 10. The van der Waals surface area contributed by atoms with E-state index in [-0.39, 0.29) is 0 Å². The average Bonchev–Trinajstić information content (AvgIpc) is 2.49. The highest BCUT2D eigenvalue weighted by Crippen LogP contribution is 2.11. The number of nitrogens with one attached hydrogen (secondary N) is 1. The van der Waals surface area contributed by atoms with Crippen molar-refractivity contribution in [3.63, 3.8) is 0 Å². The van der Waals surface area contributed by atoms with Gasteiger partial charge in [-0.05, 0) is 37.9 Å². The molecule has 0 aromatic carbocycles. The van der Waals surface area contributed by atoms with E-state index in [1.165, 1.54) is 37.1 Å². The molecule has 3 heteroatoms. The Hall–Kier alpha value is -0.930. The number of nitrogens with zero attached hydrogens (tertiary/aromatic N) is 2. The van der Waals surface area contributed by atoms with Crippen molar-refractivity contribution >= 4 is 0 Å². The van der Waals surface area contributed by atoms with Crippen LogP contribution in [0.25, 0.3) is 0 Å². The van der Waals surface area contributed by atoms with Gasteiger partial charge in [-0.25, -0.2) is 0 Å². The molecule has 3 nitrogen and oxygen atoms in total. The van der Waals surface area contributed by atoms with Crippen molar-refractivity contribution in [1.82, 2.24) is 15.2 Å². The van der Waals surface area contributed by atoms with Gasteiger partial charge < -0.3 is 5.32 Å². The quantitative estimate of drug-likeness (QED) is 0.707. The minimum absolute atomic E-state index is 0.514. The summed E-state index contributed by atoms with van der Waals surface area (Å²) in [7, 11) is 0. The van der Waals surface area contributed by atoms with Crippen LogP contribution in [0.3, 0.4) is 0 Å². The lowest BCUT2D eigenvalue weighted by atomic mass is 10.1. The summed E-state index contributed by atoms with van der Waals surface area (Å²) in [6.07, 6.45) is 5.72. The van der Waals surface area contributed by atoms with Gasteiger partial charge in [-0.3, -0.25) is 9.88 Å². The van der Waals surface area contributed by atoms with Gasteiger partial charge in [-0.15, -0.1) is 0 Å². The third-order valence-electron chi connectivity index (χ3n) is 3.98. The summed E-state index contributed by atoms with van der Waals surface area (Å²) in [6, 6.07) is 5.52. The maximum Gasteiger partial charge on any atom is 0.0544 e. The van der Waals surface area contributed by atoms with Crippen LogP contribution in [0.4, 0.5) is 0 Å². The summed E-state index contributed by atoms with van der Waals surface area (Å²) in [5.41, 5.74) is 2.44. The van der Waals surface area contributed by atoms with E-state index in [9.17, 15) is 0 Å². The van der Waals surface area contributed by atoms with E-state index in [1.54, 1.807) is 0 Å². The molecule has 1 aromatic rings. The Labute approximate surface area is 131 Å². The Morgan fingerprint density at radius 2 is 1.95 bits per heavy atom. The number of hydrogen-bond donors (Lipinski definition) is 1. The maximum atomic E-state index is 4.64. The van der Waals surface area contributed by atoms with Gasteiger partial charge in [0.25, 0.3) is 0 Å². The molecule has 120 valence electrons. The fourth-order valence-corrected chi connectivity index (χ4v) is 2.26. The number of hydrogen-bond acceptors (Lipinski definition) is 3. The van der Waals surface area contributed by atoms with Crippen molar-refractivity contribution in [2.75, 3.05) is 6.54 Å². The summed E-state index contributed by atoms with van der Waals surface area (Å²) in [6.45, 7) is 14.2. The monoisotopic (exact) mass is 291 g/mol. The van der Waals surface area contributed by atoms with Crippen LogP contribution >= 0.6 is 0 Å². The SMILES string of the molecule is CCCCN(Cc1ccc(CNC(C)C)cn1)C(C)CC. The molecule has 0 bridgehead atoms. The molecule has 1 heterocycles. The van der Waals surface area contributed by atoms with E-state index in [0.29, 0.717) is 12.1 Å². The van der Waals surface area contributed by atoms with Gasteiger partial charge in [-0.2, -0.15) is 0 Å². The van der Waals surface area contributed by atoms with Gasteiger partial charge in [-0.1, -0.05) is 40.2 Å². The van der Waals surface area contributed by atoms with E-state index in [1.807, 2.05) is 6.20 Å². The molecule has 0 aliphatic carbocycles. The van der Waals surface area contributed by atoms with Crippen molar-refractivity contribution in [2.24, 2.45) is 0 Å². The Morgan fingerprint density at radius 1 is 1.19 bits per heavy atom. The minimum atomic E-state index is 0.514. The molecule has 0 fully saturated rings. The maximum absolute atomic E-state index is 4.64. The van der Waals surface area contributed by atoms with Gasteiger partial charge in [0.15, 0.2) is 0 Å². The summed E-state index contributed by atoms with van der Waals surface area (Å²) in [5.74, 6) is 0. The van der Waals surface area contributed by atoms with Crippen LogP contribution in [-0.2, 0) is 13.1 Å². The lowest BCUT2D eigenvalue weighted by molar-refractivity contribution is 0.190. The Balaban J connectivity index is 2.58. The molecule has 1 atom stereocenters. The first kappa shape index (κ1) is 18.1. The summed E-state index contributed by atoms with van der Waals surface area (Å²) >= 11 is 0. The highest BCUT2D eigenvalue weighted by atomic mass is 15.2. The summed E-state index contributed by atoms with van der Waals surface area (Å²) in [5, 5.41) is 3.43. The molecule has 0 aliphatic rings. The smallest absolute Gasteiger partial charge is 0.0544 e. The zero-order valence-electron chi connectivity index (χ0n) is 14.5. The lowest BCUT2D eigenvalue weighted by Gasteiger charge is -2.28. The van der Waals surface area contributed by atoms with Crippen LogP contribution in [0.15, 0.2) is 18.3 Å². The first-order valence-corrected chi connectivity index (χ1v) is 8.48. The van der Waals surface area contributed by atoms with Crippen molar-refractivity contribution in [3.05, 3.63) is 29.6 Å². The van der Waals surface area contributed by atoms with E-state index in [4.69, 9.17) is 0 Å². The minimum Gasteiger partial charge on any atom is -0.310 e. The van der Waals surface area contributed by atoms with Crippen molar-refractivity contribution in [3.8, 4) is 0 Å². The van der Waals surface area contributed by atoms with Gasteiger partial charge in [0, 0.05) is 31.4 Å². The Bertz CT molecular complexity index is 373. The molecule has 1 aromatic heterocycles. The Kier molecular flexibility index (Phi) is 8.55. The van der Waals surface area contributed by atoms with E-state index in [2.05, 4.69) is 62.0 Å². The van der Waals surface area contributed by atoms with Crippen LogP contribution in [0.5, 0.6) is 0 Å². The normalized spacial score (nSPS) is 13.1. The second kappa shape index (κ2) is 9.91. The van der Waals surface area contributed by atoms with Gasteiger partial charge in [0.05, 0.1) is 5.69 Å². The van der Waals surface area contributed by atoms with E-state index < -0.39 is 0 Å². The van der Waals surface area contributed by atoms with E-state index >= 15 is 0 Å². The van der Waals surface area contributed by atoms with Gasteiger partial charge in [0.2, 0.25) is 0 Å². The van der Waals surface area contributed by atoms with Crippen LogP contribution in [-0.4, -0.2) is 28.5 Å². The van der Waals surface area contributed by atoms with Crippen LogP contribution in [0.1, 0.15) is 65.1 Å². The van der Waals surface area contributed by atoms with Crippen molar-refractivity contribution in [2.45, 2.75) is 79.1 Å². The third-order valence-corrected chi connectivity index (χ3v) is 3.98. The number of aromatic nitrogens is 1. The lowest BCUT2D eigenvalue weighted by Crippen LogP contribution is -2.33. The first-order valence-electron chi connectivity index (χ1n) is 8.48. The van der Waals surface area contributed by atoms with Crippen LogP contribution < -0.4 is 5.32 Å². The molecule has 0 aliphatic heterocycles. The van der Waals surface area contributed by atoms with E-state index in [0.717, 1.165) is 13.1 Å². The molecule has 0 saturated carbocycles. The molecule has 0 saturated heterocycles. The van der Waals surface area contributed by atoms with Crippen molar-refractivity contribution < 1.29 is 0 Å². The summed E-state index contributed by atoms with van der Waals surface area (Å²) in [4.78, 5) is 7.19. The molecule has 1 rings (SSSR count). The molecular formula is C18H33N3. The topological polar surface area (TPSA) is 28.2 Å². The molecule has 0 amide bonds.